The number of aliphatic hydroxyl groups excluding tert-OH is 6. The molecule has 0 amide bonds. The van der Waals surface area contributed by atoms with Crippen molar-refractivity contribution in [3.8, 4) is 0 Å². The number of phosphoric ester groups is 1. The van der Waals surface area contributed by atoms with Crippen molar-refractivity contribution in [2.75, 3.05) is 13.2 Å². The molecular formula is C47H77O14P. The third kappa shape index (κ3) is 28.6. The maximum atomic E-state index is 12.8. The van der Waals surface area contributed by atoms with Gasteiger partial charge < -0.3 is 45.0 Å². The van der Waals surface area contributed by atoms with Gasteiger partial charge in [-0.1, -0.05) is 125 Å². The van der Waals surface area contributed by atoms with Crippen LogP contribution in [-0.2, 0) is 32.7 Å². The lowest BCUT2D eigenvalue weighted by Crippen LogP contribution is -2.64. The van der Waals surface area contributed by atoms with Crippen LogP contribution in [0, 0.1) is 0 Å². The van der Waals surface area contributed by atoms with Crippen LogP contribution < -0.4 is 0 Å². The Morgan fingerprint density at radius 3 is 1.65 bits per heavy atom. The Balaban J connectivity index is 2.59. The number of aliphatic hydroxyl groups is 6. The van der Waals surface area contributed by atoms with Crippen molar-refractivity contribution in [1.29, 1.82) is 0 Å². The molecule has 14 nitrogen and oxygen atoms in total. The minimum Gasteiger partial charge on any atom is -0.462 e. The van der Waals surface area contributed by atoms with Gasteiger partial charge in [0.2, 0.25) is 0 Å². The minimum absolute atomic E-state index is 0.0263. The molecular weight excluding hydrogens is 819 g/mol. The zero-order valence-electron chi connectivity index (χ0n) is 37.0. The molecule has 9 atom stereocenters. The van der Waals surface area contributed by atoms with Gasteiger partial charge in [-0.3, -0.25) is 18.6 Å². The highest BCUT2D eigenvalue weighted by molar-refractivity contribution is 7.47. The van der Waals surface area contributed by atoms with Gasteiger partial charge >= 0.3 is 19.8 Å². The number of phosphoric acid groups is 1. The van der Waals surface area contributed by atoms with Crippen LogP contribution in [0.2, 0.25) is 0 Å². The van der Waals surface area contributed by atoms with Crippen LogP contribution >= 0.6 is 7.82 Å². The summed E-state index contributed by atoms with van der Waals surface area (Å²) in [7, 11) is -5.16. The van der Waals surface area contributed by atoms with Crippen molar-refractivity contribution in [2.45, 2.75) is 185 Å². The molecule has 0 aliphatic heterocycles. The maximum Gasteiger partial charge on any atom is 0.472 e. The molecule has 0 heterocycles. The molecule has 1 fully saturated rings. The smallest absolute Gasteiger partial charge is 0.462 e. The van der Waals surface area contributed by atoms with Crippen LogP contribution in [0.25, 0.3) is 0 Å². The fraction of sp³-hybridized carbons (Fsp3) is 0.660. The van der Waals surface area contributed by atoms with Gasteiger partial charge in [0, 0.05) is 12.8 Å². The van der Waals surface area contributed by atoms with Crippen molar-refractivity contribution < 1.29 is 68.2 Å². The van der Waals surface area contributed by atoms with E-state index in [9.17, 15) is 49.7 Å². The molecule has 1 aliphatic carbocycles. The molecule has 3 unspecified atom stereocenters. The average Bonchev–Trinajstić information content (AvgIpc) is 3.25. The van der Waals surface area contributed by atoms with Crippen LogP contribution in [0.1, 0.15) is 136 Å². The third-order valence-electron chi connectivity index (χ3n) is 9.79. The molecule has 15 heteroatoms. The molecule has 1 rings (SSSR count). The summed E-state index contributed by atoms with van der Waals surface area (Å²) < 4.78 is 33.3. The summed E-state index contributed by atoms with van der Waals surface area (Å²) in [4.78, 5) is 35.6. The van der Waals surface area contributed by atoms with Crippen molar-refractivity contribution >= 4 is 19.8 Å². The van der Waals surface area contributed by atoms with Crippen molar-refractivity contribution in [1.82, 2.24) is 0 Å². The molecule has 0 saturated heterocycles. The summed E-state index contributed by atoms with van der Waals surface area (Å²) in [6.45, 7) is 3.07. The quantitative estimate of drug-likeness (QED) is 0.0108. The van der Waals surface area contributed by atoms with E-state index in [1.807, 2.05) is 36.5 Å². The van der Waals surface area contributed by atoms with Crippen LogP contribution in [-0.4, -0.2) is 110 Å². The topological polar surface area (TPSA) is 230 Å². The highest BCUT2D eigenvalue weighted by Crippen LogP contribution is 2.47. The fourth-order valence-electron chi connectivity index (χ4n) is 6.07. The third-order valence-corrected chi connectivity index (χ3v) is 10.8. The van der Waals surface area contributed by atoms with Crippen LogP contribution in [0.5, 0.6) is 0 Å². The zero-order chi connectivity index (χ0) is 45.9. The molecule has 0 aromatic carbocycles. The highest BCUT2D eigenvalue weighted by atomic mass is 31.2. The number of esters is 2. The zero-order valence-corrected chi connectivity index (χ0v) is 37.9. The summed E-state index contributed by atoms with van der Waals surface area (Å²) in [5.41, 5.74) is 0. The monoisotopic (exact) mass is 897 g/mol. The summed E-state index contributed by atoms with van der Waals surface area (Å²) in [5.74, 6) is -1.26. The van der Waals surface area contributed by atoms with Gasteiger partial charge in [-0.25, -0.2) is 4.57 Å². The predicted octanol–water partition coefficient (Wildman–Crippen LogP) is 7.47. The largest absolute Gasteiger partial charge is 0.472 e. The number of unbranched alkanes of at least 4 members (excludes halogenated alkanes) is 9. The van der Waals surface area contributed by atoms with E-state index in [4.69, 9.17) is 18.5 Å². The van der Waals surface area contributed by atoms with E-state index in [1.54, 1.807) is 6.08 Å². The molecule has 354 valence electrons. The lowest BCUT2D eigenvalue weighted by molar-refractivity contribution is -0.220. The van der Waals surface area contributed by atoms with Gasteiger partial charge in [-0.05, 0) is 83.5 Å². The lowest BCUT2D eigenvalue weighted by atomic mass is 9.85. The lowest BCUT2D eigenvalue weighted by Gasteiger charge is -2.41. The predicted molar refractivity (Wildman–Crippen MR) is 241 cm³/mol. The molecule has 0 radical (unpaired) electrons. The molecule has 0 aromatic heterocycles. The molecule has 1 saturated carbocycles. The molecule has 1 aliphatic rings. The second-order valence-electron chi connectivity index (χ2n) is 15.4. The summed E-state index contributed by atoms with van der Waals surface area (Å²) in [6, 6.07) is 0. The number of hydrogen-bond donors (Lipinski definition) is 7. The summed E-state index contributed by atoms with van der Waals surface area (Å²) >= 11 is 0. The van der Waals surface area contributed by atoms with E-state index in [1.165, 1.54) is 38.5 Å². The first-order valence-electron chi connectivity index (χ1n) is 22.5. The van der Waals surface area contributed by atoms with E-state index in [0.29, 0.717) is 32.1 Å². The summed E-state index contributed by atoms with van der Waals surface area (Å²) in [6.07, 6.45) is 29.5. The van der Waals surface area contributed by atoms with E-state index >= 15 is 0 Å². The summed E-state index contributed by atoms with van der Waals surface area (Å²) in [5, 5.41) is 60.2. The van der Waals surface area contributed by atoms with Crippen molar-refractivity contribution in [3.05, 3.63) is 85.1 Å². The molecule has 0 aromatic rings. The Hall–Kier alpha value is -3.01. The Labute approximate surface area is 370 Å². The van der Waals surface area contributed by atoms with E-state index in [2.05, 4.69) is 56.4 Å². The van der Waals surface area contributed by atoms with Crippen LogP contribution in [0.3, 0.4) is 0 Å². The van der Waals surface area contributed by atoms with E-state index in [-0.39, 0.29) is 12.8 Å². The molecule has 0 bridgehead atoms. The van der Waals surface area contributed by atoms with Crippen LogP contribution in [0.4, 0.5) is 0 Å². The van der Waals surface area contributed by atoms with Gasteiger partial charge in [0.1, 0.15) is 43.2 Å². The minimum atomic E-state index is -5.16. The number of carbonyl (C=O) groups is 2. The van der Waals surface area contributed by atoms with E-state index < -0.39 is 81.8 Å². The van der Waals surface area contributed by atoms with Gasteiger partial charge in [0.05, 0.1) is 12.7 Å². The van der Waals surface area contributed by atoms with Crippen molar-refractivity contribution in [2.24, 2.45) is 0 Å². The molecule has 7 N–H and O–H groups in total. The number of rotatable bonds is 35. The standard InChI is InChI=1S/C47H77O14P/c1-3-5-7-9-11-12-13-14-15-16-17-18-22-26-30-34-40(49)58-36-39(37-59-62(56,57)61-47-45(54)43(52)42(51)44(53)46(47)55)60-41(50)35-31-27-23-19-21-25-29-33-38(48)32-28-24-20-10-8-6-4-2/h11-12,14-15,17-20,23-25,28-29,32,38-39,42-48,51-55H,3-10,13,16,21-22,26-27,30-31,33-37H2,1-2H3,(H,56,57)/b12-11-,15-14-,18-17-,23-19+,24-20-,29-25-,32-28-/t38-,39+,42?,43-,44+,45+,46+,47?/m0/s1. The Kier molecular flexibility index (Phi) is 33.4. The Bertz CT molecular complexity index is 1420. The number of hydrogen-bond acceptors (Lipinski definition) is 13. The normalized spacial score (nSPS) is 23.2. The SMILES string of the molecule is CCCCC/C=C\C=C/[C@H](O)C/C=C\C/C=C/CCCC(=O)O[C@H](COC(=O)CCCC/C=C\C/C=C\C/C=C\CCCCC)COP(=O)(O)OC1[C@H](O)[C@H](O)C(O)[C@H](O)[C@H]1O. The Morgan fingerprint density at radius 2 is 1.06 bits per heavy atom. The second-order valence-corrected chi connectivity index (χ2v) is 16.8. The Morgan fingerprint density at radius 1 is 0.581 bits per heavy atom. The first-order chi connectivity index (χ1) is 29.8. The van der Waals surface area contributed by atoms with Gasteiger partial charge in [-0.15, -0.1) is 0 Å². The molecule has 0 spiro atoms. The first kappa shape index (κ1) is 57.0. The highest BCUT2D eigenvalue weighted by Gasteiger charge is 2.51. The van der Waals surface area contributed by atoms with Crippen LogP contribution in [0.15, 0.2) is 85.1 Å². The average molecular weight is 897 g/mol. The fourth-order valence-corrected chi connectivity index (χ4v) is 7.04. The maximum absolute atomic E-state index is 12.8. The number of ether oxygens (including phenoxy) is 2. The second kappa shape index (κ2) is 36.3. The number of carbonyl (C=O) groups excluding carboxylic acids is 2. The first-order valence-corrected chi connectivity index (χ1v) is 24.0. The van der Waals surface area contributed by atoms with Crippen molar-refractivity contribution in [3.63, 3.8) is 0 Å². The van der Waals surface area contributed by atoms with Gasteiger partial charge in [-0.2, -0.15) is 0 Å². The van der Waals surface area contributed by atoms with Gasteiger partial charge in [0.15, 0.2) is 6.10 Å². The number of allylic oxidation sites excluding steroid dienone is 12. The van der Waals surface area contributed by atoms with Gasteiger partial charge in [0.25, 0.3) is 0 Å². The van der Waals surface area contributed by atoms with E-state index in [0.717, 1.165) is 38.5 Å². The molecule has 62 heavy (non-hydrogen) atoms.